The van der Waals surface area contributed by atoms with Crippen molar-refractivity contribution in [1.82, 2.24) is 10.2 Å². The van der Waals surface area contributed by atoms with Crippen LogP contribution in [0.15, 0.2) is 16.5 Å². The Morgan fingerprint density at radius 2 is 1.86 bits per heavy atom. The van der Waals surface area contributed by atoms with Crippen LogP contribution >= 0.6 is 0 Å². The van der Waals surface area contributed by atoms with E-state index in [9.17, 15) is 4.79 Å². The van der Waals surface area contributed by atoms with E-state index < -0.39 is 0 Å². The Morgan fingerprint density at radius 1 is 1.14 bits per heavy atom. The van der Waals surface area contributed by atoms with Gasteiger partial charge in [0.05, 0.1) is 12.7 Å². The quantitative estimate of drug-likeness (QED) is 0.805. The monoisotopic (exact) mass is 384 g/mol. The summed E-state index contributed by atoms with van der Waals surface area (Å²) < 4.78 is 11.7. The minimum absolute atomic E-state index is 0.00343. The van der Waals surface area contributed by atoms with Gasteiger partial charge in [0.1, 0.15) is 17.1 Å². The SMILES string of the molecule is COc1ccc2oc(C)c(C(=O)NC3CCCCC3)c2c1CN1CCCCC1. The Bertz CT molecular complexity index is 830. The number of hydrogen-bond acceptors (Lipinski definition) is 4. The van der Waals surface area contributed by atoms with Crippen molar-refractivity contribution >= 4 is 16.9 Å². The lowest BCUT2D eigenvalue weighted by molar-refractivity contribution is 0.0927. The molecule has 5 heteroatoms. The van der Waals surface area contributed by atoms with E-state index in [2.05, 4.69) is 10.2 Å². The normalized spacial score (nSPS) is 19.1. The molecule has 1 saturated carbocycles. The van der Waals surface area contributed by atoms with E-state index in [0.29, 0.717) is 11.3 Å². The van der Waals surface area contributed by atoms with Crippen molar-refractivity contribution in [3.05, 3.63) is 29.0 Å². The molecule has 1 N–H and O–H groups in total. The number of benzene rings is 1. The number of ether oxygens (including phenoxy) is 1. The lowest BCUT2D eigenvalue weighted by Crippen LogP contribution is -2.36. The standard InChI is InChI=1S/C23H32N2O3/c1-16-21(23(26)24-17-9-5-3-6-10-17)22-18(15-25-13-7-4-8-14-25)19(27-2)11-12-20(22)28-16/h11-12,17H,3-10,13-15H2,1-2H3,(H,24,26). The molecule has 0 radical (unpaired) electrons. The van der Waals surface area contributed by atoms with Crippen LogP contribution in [0.1, 0.15) is 73.0 Å². The third kappa shape index (κ3) is 3.90. The van der Waals surface area contributed by atoms with Crippen LogP contribution in [0.3, 0.4) is 0 Å². The molecule has 28 heavy (non-hydrogen) atoms. The second-order valence-electron chi connectivity index (χ2n) is 8.30. The fourth-order valence-electron chi connectivity index (χ4n) is 4.83. The molecule has 0 bridgehead atoms. The lowest BCUT2D eigenvalue weighted by atomic mass is 9.95. The number of aryl methyl sites for hydroxylation is 1. The first-order valence-electron chi connectivity index (χ1n) is 10.8. The predicted octanol–water partition coefficient (Wildman–Crippen LogP) is 4.80. The highest BCUT2D eigenvalue weighted by atomic mass is 16.5. The van der Waals surface area contributed by atoms with E-state index in [1.807, 2.05) is 19.1 Å². The van der Waals surface area contributed by atoms with E-state index >= 15 is 0 Å². The number of furan rings is 1. The largest absolute Gasteiger partial charge is 0.496 e. The minimum Gasteiger partial charge on any atom is -0.496 e. The molecule has 2 aromatic rings. The van der Waals surface area contributed by atoms with Gasteiger partial charge in [-0.15, -0.1) is 0 Å². The number of piperidine rings is 1. The fraction of sp³-hybridized carbons (Fsp3) is 0.609. The van der Waals surface area contributed by atoms with Gasteiger partial charge in [-0.3, -0.25) is 9.69 Å². The Balaban J connectivity index is 1.70. The van der Waals surface area contributed by atoms with Crippen LogP contribution in [0.25, 0.3) is 11.0 Å². The molecule has 1 aliphatic carbocycles. The molecule has 4 rings (SSSR count). The summed E-state index contributed by atoms with van der Waals surface area (Å²) in [7, 11) is 1.70. The summed E-state index contributed by atoms with van der Waals surface area (Å²) in [6.45, 7) is 4.89. The zero-order valence-corrected chi connectivity index (χ0v) is 17.2. The first kappa shape index (κ1) is 19.3. The van der Waals surface area contributed by atoms with Gasteiger partial charge in [0.25, 0.3) is 5.91 Å². The van der Waals surface area contributed by atoms with E-state index in [1.165, 1.54) is 38.5 Å². The van der Waals surface area contributed by atoms with Crippen molar-refractivity contribution in [3.8, 4) is 5.75 Å². The van der Waals surface area contributed by atoms with E-state index in [0.717, 1.165) is 54.8 Å². The average Bonchev–Trinajstić information content (AvgIpc) is 3.06. The van der Waals surface area contributed by atoms with Gasteiger partial charge < -0.3 is 14.5 Å². The van der Waals surface area contributed by atoms with E-state index in [-0.39, 0.29) is 11.9 Å². The maximum absolute atomic E-state index is 13.2. The number of fused-ring (bicyclic) bond motifs is 1. The van der Waals surface area contributed by atoms with Crippen LogP contribution in [0.5, 0.6) is 5.75 Å². The molecule has 5 nitrogen and oxygen atoms in total. The molecule has 1 aliphatic heterocycles. The highest BCUT2D eigenvalue weighted by Crippen LogP contribution is 2.36. The highest BCUT2D eigenvalue weighted by molar-refractivity contribution is 6.09. The van der Waals surface area contributed by atoms with Crippen LogP contribution in [0.4, 0.5) is 0 Å². The fourth-order valence-corrected chi connectivity index (χ4v) is 4.83. The smallest absolute Gasteiger partial charge is 0.255 e. The first-order valence-corrected chi connectivity index (χ1v) is 10.8. The van der Waals surface area contributed by atoms with Gasteiger partial charge in [-0.2, -0.15) is 0 Å². The summed E-state index contributed by atoms with van der Waals surface area (Å²) in [5.41, 5.74) is 2.54. The molecule has 2 heterocycles. The van der Waals surface area contributed by atoms with Crippen LogP contribution in [-0.4, -0.2) is 37.0 Å². The van der Waals surface area contributed by atoms with Crippen molar-refractivity contribution < 1.29 is 13.9 Å². The Hall–Kier alpha value is -2.01. The zero-order chi connectivity index (χ0) is 19.5. The van der Waals surface area contributed by atoms with Crippen molar-refractivity contribution in [2.24, 2.45) is 0 Å². The predicted molar refractivity (Wildman–Crippen MR) is 111 cm³/mol. The molecule has 1 aromatic heterocycles. The average molecular weight is 385 g/mol. The van der Waals surface area contributed by atoms with Crippen molar-refractivity contribution in [3.63, 3.8) is 0 Å². The molecule has 0 spiro atoms. The summed E-state index contributed by atoms with van der Waals surface area (Å²) in [4.78, 5) is 15.7. The second-order valence-corrected chi connectivity index (χ2v) is 8.30. The Labute approximate surface area is 167 Å². The van der Waals surface area contributed by atoms with Gasteiger partial charge in [0, 0.05) is 23.5 Å². The third-order valence-corrected chi connectivity index (χ3v) is 6.31. The summed E-state index contributed by atoms with van der Waals surface area (Å²) in [6, 6.07) is 4.17. The number of carbonyl (C=O) groups excluding carboxylic acids is 1. The van der Waals surface area contributed by atoms with Gasteiger partial charge >= 0.3 is 0 Å². The molecule has 0 atom stereocenters. The third-order valence-electron chi connectivity index (χ3n) is 6.31. The topological polar surface area (TPSA) is 54.7 Å². The van der Waals surface area contributed by atoms with E-state index in [4.69, 9.17) is 9.15 Å². The number of nitrogens with one attached hydrogen (secondary N) is 1. The second kappa shape index (κ2) is 8.56. The molecule has 2 aliphatic rings. The van der Waals surface area contributed by atoms with Crippen LogP contribution in [-0.2, 0) is 6.54 Å². The van der Waals surface area contributed by atoms with Crippen molar-refractivity contribution in [2.75, 3.05) is 20.2 Å². The van der Waals surface area contributed by atoms with Crippen LogP contribution in [0.2, 0.25) is 0 Å². The minimum atomic E-state index is -0.00343. The molecule has 0 unspecified atom stereocenters. The number of hydrogen-bond donors (Lipinski definition) is 1. The maximum Gasteiger partial charge on any atom is 0.255 e. The summed E-state index contributed by atoms with van der Waals surface area (Å²) >= 11 is 0. The van der Waals surface area contributed by atoms with Gasteiger partial charge in [-0.05, 0) is 57.8 Å². The van der Waals surface area contributed by atoms with E-state index in [1.54, 1.807) is 7.11 Å². The molecule has 1 aromatic carbocycles. The molecule has 2 fully saturated rings. The molecule has 1 saturated heterocycles. The van der Waals surface area contributed by atoms with Gasteiger partial charge in [-0.1, -0.05) is 25.7 Å². The van der Waals surface area contributed by atoms with Crippen molar-refractivity contribution in [1.29, 1.82) is 0 Å². The van der Waals surface area contributed by atoms with Crippen molar-refractivity contribution in [2.45, 2.75) is 70.9 Å². The van der Waals surface area contributed by atoms with Gasteiger partial charge in [0.15, 0.2) is 0 Å². The molecule has 152 valence electrons. The summed E-state index contributed by atoms with van der Waals surface area (Å²) in [6.07, 6.45) is 9.59. The summed E-state index contributed by atoms with van der Waals surface area (Å²) in [5.74, 6) is 1.53. The van der Waals surface area contributed by atoms with Crippen LogP contribution in [0, 0.1) is 6.92 Å². The Morgan fingerprint density at radius 3 is 2.57 bits per heavy atom. The molecular weight excluding hydrogens is 352 g/mol. The lowest BCUT2D eigenvalue weighted by Gasteiger charge is -2.27. The highest BCUT2D eigenvalue weighted by Gasteiger charge is 2.26. The molecule has 1 amide bonds. The van der Waals surface area contributed by atoms with Gasteiger partial charge in [-0.25, -0.2) is 0 Å². The number of carbonyl (C=O) groups is 1. The number of methoxy groups -OCH3 is 1. The number of amides is 1. The first-order chi connectivity index (χ1) is 13.7. The number of rotatable bonds is 5. The summed E-state index contributed by atoms with van der Waals surface area (Å²) in [5, 5.41) is 4.20. The molecular formula is C23H32N2O3. The number of nitrogens with zero attached hydrogens (tertiary/aromatic N) is 1. The Kier molecular flexibility index (Phi) is 5.90. The number of likely N-dealkylation sites (tertiary alicyclic amines) is 1. The zero-order valence-electron chi connectivity index (χ0n) is 17.2. The maximum atomic E-state index is 13.2. The van der Waals surface area contributed by atoms with Gasteiger partial charge in [0.2, 0.25) is 0 Å². The van der Waals surface area contributed by atoms with Crippen LogP contribution < -0.4 is 10.1 Å².